The number of aromatic nitrogens is 2. The molecule has 40 heavy (non-hydrogen) atoms. The highest BCUT2D eigenvalue weighted by molar-refractivity contribution is 7.90. The first-order chi connectivity index (χ1) is 19.1. The van der Waals surface area contributed by atoms with Gasteiger partial charge >= 0.3 is 0 Å². The summed E-state index contributed by atoms with van der Waals surface area (Å²) < 4.78 is 34.2. The molecule has 0 unspecified atom stereocenters. The molecule has 0 bridgehead atoms. The number of nitrogens with one attached hydrogen (secondary N) is 1. The van der Waals surface area contributed by atoms with Crippen molar-refractivity contribution in [3.05, 3.63) is 65.0 Å². The number of allylic oxidation sites excluding steroid dienone is 1. The molecule has 0 spiro atoms. The van der Waals surface area contributed by atoms with E-state index >= 15 is 0 Å². The van der Waals surface area contributed by atoms with Crippen molar-refractivity contribution in [2.45, 2.75) is 26.2 Å². The van der Waals surface area contributed by atoms with Crippen LogP contribution in [0.1, 0.15) is 24.5 Å². The van der Waals surface area contributed by atoms with Crippen LogP contribution in [0.25, 0.3) is 10.9 Å². The van der Waals surface area contributed by atoms with Crippen LogP contribution in [0, 0.1) is 0 Å². The average Bonchev–Trinajstić information content (AvgIpc) is 2.87. The summed E-state index contributed by atoms with van der Waals surface area (Å²) in [6.45, 7) is 3.97. The fourth-order valence-corrected chi connectivity index (χ4v) is 4.93. The number of anilines is 2. The van der Waals surface area contributed by atoms with Gasteiger partial charge < -0.3 is 19.7 Å². The molecule has 216 valence electrons. The van der Waals surface area contributed by atoms with Crippen molar-refractivity contribution in [2.24, 2.45) is 0 Å². The van der Waals surface area contributed by atoms with E-state index in [0.29, 0.717) is 61.3 Å². The van der Waals surface area contributed by atoms with E-state index in [1.54, 1.807) is 12.1 Å². The Kier molecular flexibility index (Phi) is 11.9. The van der Waals surface area contributed by atoms with Crippen LogP contribution in [-0.4, -0.2) is 81.5 Å². The number of hydrogen-bond donors (Lipinski definition) is 1. The topological polar surface area (TPSA) is 111 Å². The zero-order valence-corrected chi connectivity index (χ0v) is 25.0. The van der Waals surface area contributed by atoms with Gasteiger partial charge in [-0.25, -0.2) is 18.4 Å². The molecular formula is C29H37ClN4O5S. The molecule has 0 aliphatic heterocycles. The highest BCUT2D eigenvalue weighted by Crippen LogP contribution is 2.31. The smallest absolute Gasteiger partial charge is 0.159 e. The molecule has 1 N–H and O–H groups in total. The molecule has 0 radical (unpaired) electrons. The molecule has 1 aromatic heterocycles. The summed E-state index contributed by atoms with van der Waals surface area (Å²) in [4.78, 5) is 23.6. The Bertz CT molecular complexity index is 1440. The maximum Gasteiger partial charge on any atom is 0.159 e. The van der Waals surface area contributed by atoms with Gasteiger partial charge in [-0.05, 0) is 63.7 Å². The summed E-state index contributed by atoms with van der Waals surface area (Å²) in [5.41, 5.74) is 2.98. The molecule has 0 aliphatic rings. The Balaban J connectivity index is 1.87. The van der Waals surface area contributed by atoms with Crippen LogP contribution < -0.4 is 10.1 Å². The van der Waals surface area contributed by atoms with E-state index in [4.69, 9.17) is 21.1 Å². The van der Waals surface area contributed by atoms with Gasteiger partial charge in [0, 0.05) is 53.6 Å². The number of carbonyl (C=O) groups excluding carboxylic acids is 1. The van der Waals surface area contributed by atoms with Gasteiger partial charge in [-0.1, -0.05) is 23.7 Å². The molecule has 2 aromatic carbocycles. The molecule has 0 fully saturated rings. The predicted octanol–water partition coefficient (Wildman–Crippen LogP) is 4.65. The lowest BCUT2D eigenvalue weighted by Crippen LogP contribution is -2.12. The Hall–Kier alpha value is -3.05. The highest BCUT2D eigenvalue weighted by Gasteiger charge is 2.14. The minimum atomic E-state index is -3.02. The second-order valence-electron chi connectivity index (χ2n) is 9.72. The fourth-order valence-electron chi connectivity index (χ4n) is 3.99. The van der Waals surface area contributed by atoms with Crippen LogP contribution in [0.5, 0.6) is 5.75 Å². The molecule has 11 heteroatoms. The van der Waals surface area contributed by atoms with Gasteiger partial charge in [0.25, 0.3) is 0 Å². The van der Waals surface area contributed by atoms with Gasteiger partial charge in [-0.2, -0.15) is 0 Å². The van der Waals surface area contributed by atoms with Gasteiger partial charge in [0.1, 0.15) is 34.3 Å². The number of halogens is 1. The maximum atomic E-state index is 12.8. The number of nitrogens with zero attached hydrogens (tertiary/aromatic N) is 3. The van der Waals surface area contributed by atoms with Crippen molar-refractivity contribution >= 4 is 49.6 Å². The summed E-state index contributed by atoms with van der Waals surface area (Å²) >= 11 is 6.50. The van der Waals surface area contributed by atoms with Gasteiger partial charge in [-0.3, -0.25) is 4.79 Å². The van der Waals surface area contributed by atoms with Crippen LogP contribution >= 0.6 is 11.6 Å². The summed E-state index contributed by atoms with van der Waals surface area (Å²) in [5.74, 6) is 1.21. The Morgan fingerprint density at radius 2 is 1.93 bits per heavy atom. The van der Waals surface area contributed by atoms with Crippen molar-refractivity contribution in [3.63, 3.8) is 0 Å². The zero-order valence-electron chi connectivity index (χ0n) is 23.4. The fraction of sp³-hybridized carbons (Fsp3) is 0.414. The molecule has 0 aliphatic carbocycles. The van der Waals surface area contributed by atoms with Crippen LogP contribution in [0.2, 0.25) is 5.02 Å². The molecule has 3 aromatic rings. The van der Waals surface area contributed by atoms with Crippen LogP contribution in [0.4, 0.5) is 11.5 Å². The summed E-state index contributed by atoms with van der Waals surface area (Å²) in [7, 11) is 0.863. The first-order valence-electron chi connectivity index (χ1n) is 13.1. The first-order valence-corrected chi connectivity index (χ1v) is 15.5. The zero-order chi connectivity index (χ0) is 29.1. The third kappa shape index (κ3) is 10.2. The van der Waals surface area contributed by atoms with Crippen molar-refractivity contribution < 1.29 is 22.7 Å². The molecule has 0 amide bonds. The number of carbonyl (C=O) groups is 1. The Morgan fingerprint density at radius 1 is 1.12 bits per heavy atom. The third-order valence-electron chi connectivity index (χ3n) is 5.92. The molecular weight excluding hydrogens is 552 g/mol. The molecule has 0 atom stereocenters. The lowest BCUT2D eigenvalue weighted by molar-refractivity contribution is -0.114. The third-order valence-corrected chi connectivity index (χ3v) is 7.31. The van der Waals surface area contributed by atoms with Crippen LogP contribution in [0.15, 0.2) is 48.8 Å². The van der Waals surface area contributed by atoms with E-state index in [2.05, 4.69) is 15.3 Å². The number of ether oxygens (including phenoxy) is 2. The number of hydrogen-bond acceptors (Lipinski definition) is 9. The molecule has 0 saturated heterocycles. The number of fused-ring (bicyclic) bond motifs is 1. The molecule has 3 rings (SSSR count). The van der Waals surface area contributed by atoms with E-state index in [1.807, 2.05) is 56.3 Å². The van der Waals surface area contributed by atoms with Crippen molar-refractivity contribution in [1.29, 1.82) is 0 Å². The monoisotopic (exact) mass is 588 g/mol. The van der Waals surface area contributed by atoms with E-state index in [1.165, 1.54) is 12.6 Å². The number of aryl methyl sites for hydroxylation is 1. The largest absolute Gasteiger partial charge is 0.491 e. The lowest BCUT2D eigenvalue weighted by Gasteiger charge is -2.15. The Morgan fingerprint density at radius 3 is 2.62 bits per heavy atom. The minimum absolute atomic E-state index is 0.0412. The van der Waals surface area contributed by atoms with Gasteiger partial charge in [0.2, 0.25) is 0 Å². The van der Waals surface area contributed by atoms with Crippen LogP contribution in [-0.2, 0) is 32.2 Å². The van der Waals surface area contributed by atoms with Gasteiger partial charge in [0.15, 0.2) is 5.78 Å². The summed E-state index contributed by atoms with van der Waals surface area (Å²) in [6, 6.07) is 9.24. The van der Waals surface area contributed by atoms with Crippen LogP contribution in [0.3, 0.4) is 0 Å². The molecule has 1 heterocycles. The number of sulfone groups is 1. The van der Waals surface area contributed by atoms with Gasteiger partial charge in [-0.15, -0.1) is 0 Å². The average molecular weight is 589 g/mol. The summed E-state index contributed by atoms with van der Waals surface area (Å²) in [6.07, 6.45) is 7.35. The minimum Gasteiger partial charge on any atom is -0.491 e. The van der Waals surface area contributed by atoms with Crippen molar-refractivity contribution in [2.75, 3.05) is 57.8 Å². The first kappa shape index (κ1) is 31.5. The second kappa shape index (κ2) is 15.1. The van der Waals surface area contributed by atoms with E-state index in [9.17, 15) is 13.2 Å². The number of ketones is 1. The van der Waals surface area contributed by atoms with E-state index in [-0.39, 0.29) is 18.0 Å². The van der Waals surface area contributed by atoms with Gasteiger partial charge in [0.05, 0.1) is 17.9 Å². The number of likely N-dealkylation sites (N-methyl/N-ethyl adjacent to an activating group) is 1. The van der Waals surface area contributed by atoms with E-state index in [0.717, 1.165) is 22.2 Å². The van der Waals surface area contributed by atoms with Crippen molar-refractivity contribution in [1.82, 2.24) is 14.9 Å². The predicted molar refractivity (Wildman–Crippen MR) is 161 cm³/mol. The van der Waals surface area contributed by atoms with Crippen molar-refractivity contribution in [3.8, 4) is 5.75 Å². The highest BCUT2D eigenvalue weighted by atomic mass is 35.5. The molecule has 0 saturated carbocycles. The number of rotatable bonds is 16. The summed E-state index contributed by atoms with van der Waals surface area (Å²) in [5, 5.41) is 4.57. The van der Waals surface area contributed by atoms with E-state index < -0.39 is 9.84 Å². The quantitative estimate of drug-likeness (QED) is 0.189. The number of benzene rings is 2. The standard InChI is InChI=1S/C29H37ClN4O5S/c1-5-38-13-14-39-28-19-27-25(17-22(28)16-24(35)9-6-12-34(2)3)29(32-20-31-27)33-23-11-10-21(26(30)18-23)8-7-15-40(4,36)37/h6,9-11,17-20H,5,7-8,12-16H2,1-4H3,(H,31,32,33)/b9-6+. The Labute approximate surface area is 241 Å². The maximum absolute atomic E-state index is 12.8. The second-order valence-corrected chi connectivity index (χ2v) is 12.4. The lowest BCUT2D eigenvalue weighted by atomic mass is 10.0. The molecule has 9 nitrogen and oxygen atoms in total. The SMILES string of the molecule is CCOCCOc1cc2ncnc(Nc3ccc(CCCS(C)(=O)=O)c(Cl)c3)c2cc1CC(=O)/C=C/CN(C)C. The normalized spacial score (nSPS) is 11.9.